The molecule has 1 fully saturated rings. The molecule has 1 saturated heterocycles. The van der Waals surface area contributed by atoms with Crippen LogP contribution in [-0.4, -0.2) is 59.0 Å². The Balaban J connectivity index is 2.82. The quantitative estimate of drug-likeness (QED) is 0.396. The van der Waals surface area contributed by atoms with Gasteiger partial charge in [0, 0.05) is 0 Å². The number of aliphatic hydroxyl groups is 3. The highest BCUT2D eigenvalue weighted by atomic mass is 32.3. The Hall–Kier alpha value is -0.290. The fourth-order valence-corrected chi connectivity index (χ4v) is 1.78. The van der Waals surface area contributed by atoms with Crippen LogP contribution in [0.3, 0.4) is 0 Å². The summed E-state index contributed by atoms with van der Waals surface area (Å²) in [6.45, 7) is 1.35. The summed E-state index contributed by atoms with van der Waals surface area (Å²) in [5.41, 5.74) is 0. The molecule has 5 atom stereocenters. The monoisotopic (exact) mass is 244 g/mol. The molecule has 0 aromatic carbocycles. The summed E-state index contributed by atoms with van der Waals surface area (Å²) in [5.74, 6) is 0. The van der Waals surface area contributed by atoms with Crippen molar-refractivity contribution in [3.8, 4) is 0 Å². The molecular formula is C6H12O8S. The van der Waals surface area contributed by atoms with E-state index in [1.54, 1.807) is 0 Å². The first-order valence-electron chi connectivity index (χ1n) is 4.07. The van der Waals surface area contributed by atoms with E-state index in [0.29, 0.717) is 0 Å². The van der Waals surface area contributed by atoms with Gasteiger partial charge in [0.05, 0.1) is 6.10 Å². The van der Waals surface area contributed by atoms with Crippen LogP contribution < -0.4 is 0 Å². The molecular weight excluding hydrogens is 232 g/mol. The van der Waals surface area contributed by atoms with Crippen molar-refractivity contribution in [2.75, 3.05) is 0 Å². The van der Waals surface area contributed by atoms with Gasteiger partial charge in [-0.25, -0.2) is 4.18 Å². The largest absolute Gasteiger partial charge is 0.397 e. The topological polar surface area (TPSA) is 134 Å². The highest BCUT2D eigenvalue weighted by Gasteiger charge is 2.45. The Kier molecular flexibility index (Phi) is 3.66. The van der Waals surface area contributed by atoms with Crippen molar-refractivity contribution in [3.63, 3.8) is 0 Å². The third kappa shape index (κ3) is 3.08. The van der Waals surface area contributed by atoms with E-state index in [4.69, 9.17) is 9.66 Å². The van der Waals surface area contributed by atoms with E-state index < -0.39 is 41.1 Å². The standard InChI is InChI=1S/C6H12O8S/c1-2-3(7)5(14-15(10,11)12)4(8)6(9)13-2/h2-9H,1H3,(H,10,11,12)/t2-,3+,4-,5+,6-/m0/s1. The molecule has 0 aliphatic carbocycles. The molecule has 1 aliphatic rings. The van der Waals surface area contributed by atoms with Crippen LogP contribution in [0, 0.1) is 0 Å². The second-order valence-electron chi connectivity index (χ2n) is 3.20. The molecule has 9 heteroatoms. The summed E-state index contributed by atoms with van der Waals surface area (Å²) in [6.07, 6.45) is -7.53. The second kappa shape index (κ2) is 4.29. The number of rotatable bonds is 2. The minimum absolute atomic E-state index is 0.935. The minimum atomic E-state index is -4.82. The van der Waals surface area contributed by atoms with Crippen molar-refractivity contribution in [2.45, 2.75) is 37.6 Å². The summed E-state index contributed by atoms with van der Waals surface area (Å²) in [5, 5.41) is 27.7. The molecule has 0 unspecified atom stereocenters. The van der Waals surface area contributed by atoms with Crippen LogP contribution in [0.5, 0.6) is 0 Å². The lowest BCUT2D eigenvalue weighted by atomic mass is 10.0. The Bertz CT molecular complexity index is 299. The number of ether oxygens (including phenoxy) is 1. The van der Waals surface area contributed by atoms with Crippen LogP contribution in [0.25, 0.3) is 0 Å². The Morgan fingerprint density at radius 3 is 2.20 bits per heavy atom. The molecule has 0 radical (unpaired) electrons. The summed E-state index contributed by atoms with van der Waals surface area (Å²) in [6, 6.07) is 0. The van der Waals surface area contributed by atoms with Gasteiger partial charge in [-0.3, -0.25) is 4.55 Å². The summed E-state index contributed by atoms with van der Waals surface area (Å²) in [7, 11) is -4.82. The van der Waals surface area contributed by atoms with Crippen molar-refractivity contribution in [1.82, 2.24) is 0 Å². The fourth-order valence-electron chi connectivity index (χ4n) is 1.27. The molecule has 0 aromatic heterocycles. The fraction of sp³-hybridized carbons (Fsp3) is 1.00. The van der Waals surface area contributed by atoms with Crippen LogP contribution in [0.1, 0.15) is 6.92 Å². The predicted molar refractivity (Wildman–Crippen MR) is 45.0 cm³/mol. The SMILES string of the molecule is C[C@@H]1O[C@H](O)[C@@H](O)[C@H](OS(=O)(=O)O)[C@@H]1O. The lowest BCUT2D eigenvalue weighted by Gasteiger charge is -2.38. The van der Waals surface area contributed by atoms with Crippen LogP contribution in [0.2, 0.25) is 0 Å². The molecule has 90 valence electrons. The van der Waals surface area contributed by atoms with Crippen molar-refractivity contribution in [2.24, 2.45) is 0 Å². The molecule has 1 heterocycles. The van der Waals surface area contributed by atoms with Crippen molar-refractivity contribution in [3.05, 3.63) is 0 Å². The maximum Gasteiger partial charge on any atom is 0.397 e. The van der Waals surface area contributed by atoms with Gasteiger partial charge in [-0.05, 0) is 6.92 Å². The molecule has 1 rings (SSSR count). The van der Waals surface area contributed by atoms with Gasteiger partial charge in [0.2, 0.25) is 0 Å². The first kappa shape index (κ1) is 12.8. The Morgan fingerprint density at radius 1 is 1.20 bits per heavy atom. The van der Waals surface area contributed by atoms with E-state index >= 15 is 0 Å². The molecule has 0 bridgehead atoms. The molecule has 8 nitrogen and oxygen atoms in total. The van der Waals surface area contributed by atoms with Gasteiger partial charge in [-0.1, -0.05) is 0 Å². The molecule has 0 spiro atoms. The summed E-state index contributed by atoms with van der Waals surface area (Å²) < 4.78 is 37.9. The van der Waals surface area contributed by atoms with Gasteiger partial charge in [-0.15, -0.1) is 0 Å². The van der Waals surface area contributed by atoms with Crippen LogP contribution >= 0.6 is 0 Å². The smallest absolute Gasteiger partial charge is 0.388 e. The van der Waals surface area contributed by atoms with Crippen LogP contribution in [0.15, 0.2) is 0 Å². The van der Waals surface area contributed by atoms with Gasteiger partial charge in [-0.2, -0.15) is 8.42 Å². The van der Waals surface area contributed by atoms with Gasteiger partial charge in [0.15, 0.2) is 6.29 Å². The Labute approximate surface area is 86.0 Å². The van der Waals surface area contributed by atoms with E-state index in [2.05, 4.69) is 8.92 Å². The van der Waals surface area contributed by atoms with E-state index in [1.165, 1.54) is 6.92 Å². The number of aliphatic hydroxyl groups excluding tert-OH is 3. The number of hydrogen-bond acceptors (Lipinski definition) is 7. The van der Waals surface area contributed by atoms with Gasteiger partial charge in [0.1, 0.15) is 18.3 Å². The van der Waals surface area contributed by atoms with Gasteiger partial charge >= 0.3 is 10.4 Å². The highest BCUT2D eigenvalue weighted by molar-refractivity contribution is 7.80. The predicted octanol–water partition coefficient (Wildman–Crippen LogP) is -2.37. The summed E-state index contributed by atoms with van der Waals surface area (Å²) in [4.78, 5) is 0. The van der Waals surface area contributed by atoms with Crippen molar-refractivity contribution in [1.29, 1.82) is 0 Å². The van der Waals surface area contributed by atoms with E-state index in [-0.39, 0.29) is 0 Å². The maximum atomic E-state index is 10.4. The molecule has 0 saturated carbocycles. The second-order valence-corrected chi connectivity index (χ2v) is 4.25. The minimum Gasteiger partial charge on any atom is -0.388 e. The number of hydrogen-bond donors (Lipinski definition) is 4. The van der Waals surface area contributed by atoms with Crippen LogP contribution in [-0.2, 0) is 19.3 Å². The average Bonchev–Trinajstić information content (AvgIpc) is 2.08. The molecule has 0 aromatic rings. The average molecular weight is 244 g/mol. The van der Waals surface area contributed by atoms with E-state index in [1.807, 2.05) is 0 Å². The first-order valence-corrected chi connectivity index (χ1v) is 5.44. The zero-order valence-electron chi connectivity index (χ0n) is 7.72. The maximum absolute atomic E-state index is 10.4. The first-order chi connectivity index (χ1) is 6.72. The van der Waals surface area contributed by atoms with Gasteiger partial charge < -0.3 is 20.1 Å². The third-order valence-electron chi connectivity index (χ3n) is 2.03. The summed E-state index contributed by atoms with van der Waals surface area (Å²) >= 11 is 0. The lowest BCUT2D eigenvalue weighted by molar-refractivity contribution is -0.272. The normalized spacial score (nSPS) is 42.9. The van der Waals surface area contributed by atoms with Crippen LogP contribution in [0.4, 0.5) is 0 Å². The van der Waals surface area contributed by atoms with Crippen molar-refractivity contribution >= 4 is 10.4 Å². The molecule has 1 aliphatic heterocycles. The van der Waals surface area contributed by atoms with Crippen molar-refractivity contribution < 1.29 is 37.2 Å². The molecule has 4 N–H and O–H groups in total. The van der Waals surface area contributed by atoms with E-state index in [9.17, 15) is 18.6 Å². The Morgan fingerprint density at radius 2 is 1.73 bits per heavy atom. The zero-order chi connectivity index (χ0) is 11.8. The lowest BCUT2D eigenvalue weighted by Crippen LogP contribution is -2.58. The zero-order valence-corrected chi connectivity index (χ0v) is 8.53. The van der Waals surface area contributed by atoms with E-state index in [0.717, 1.165) is 0 Å². The van der Waals surface area contributed by atoms with Gasteiger partial charge in [0.25, 0.3) is 0 Å². The highest BCUT2D eigenvalue weighted by Crippen LogP contribution is 2.22. The molecule has 0 amide bonds. The third-order valence-corrected chi connectivity index (χ3v) is 2.50. The molecule has 15 heavy (non-hydrogen) atoms.